The Balaban J connectivity index is 2.32. The van der Waals surface area contributed by atoms with Gasteiger partial charge in [-0.2, -0.15) is 5.10 Å². The molecule has 1 heterocycles. The van der Waals surface area contributed by atoms with Gasteiger partial charge in [-0.05, 0) is 32.5 Å². The molecule has 0 spiro atoms. The number of benzene rings is 1. The minimum atomic E-state index is -0.269. The number of rotatable bonds is 4. The Bertz CT molecular complexity index is 560. The van der Waals surface area contributed by atoms with E-state index in [1.807, 2.05) is 27.2 Å². The van der Waals surface area contributed by atoms with Crippen molar-refractivity contribution in [3.63, 3.8) is 0 Å². The number of likely N-dealkylation sites (N-methyl/N-ethyl adjacent to an activating group) is 1. The Morgan fingerprint density at radius 1 is 1.47 bits per heavy atom. The fourth-order valence-corrected chi connectivity index (χ4v) is 2.50. The number of halogens is 2. The van der Waals surface area contributed by atoms with Gasteiger partial charge < -0.3 is 5.32 Å². The van der Waals surface area contributed by atoms with Crippen molar-refractivity contribution in [2.24, 2.45) is 7.05 Å². The van der Waals surface area contributed by atoms with Crippen molar-refractivity contribution >= 4 is 11.6 Å². The lowest BCUT2D eigenvalue weighted by Crippen LogP contribution is -2.20. The van der Waals surface area contributed by atoms with E-state index in [-0.39, 0.29) is 11.9 Å². The highest BCUT2D eigenvalue weighted by atomic mass is 35.5. The Labute approximate surface area is 117 Å². The maximum atomic E-state index is 13.8. The molecule has 2 rings (SSSR count). The fourth-order valence-electron chi connectivity index (χ4n) is 2.26. The summed E-state index contributed by atoms with van der Waals surface area (Å²) in [5.74, 6) is -0.269. The minimum absolute atomic E-state index is 0.0110. The smallest absolute Gasteiger partial charge is 0.127 e. The second-order valence-electron chi connectivity index (χ2n) is 4.59. The Hall–Kier alpha value is -1.39. The first-order valence-corrected chi connectivity index (χ1v) is 6.51. The van der Waals surface area contributed by atoms with Crippen LogP contribution in [0.5, 0.6) is 0 Å². The van der Waals surface area contributed by atoms with Gasteiger partial charge in [-0.15, -0.1) is 0 Å². The molecule has 1 aromatic carbocycles. The van der Waals surface area contributed by atoms with Crippen LogP contribution in [-0.4, -0.2) is 16.8 Å². The van der Waals surface area contributed by atoms with E-state index < -0.39 is 0 Å². The molecule has 19 heavy (non-hydrogen) atoms. The average molecular weight is 282 g/mol. The number of aromatic nitrogens is 2. The molecule has 0 saturated carbocycles. The van der Waals surface area contributed by atoms with Gasteiger partial charge in [0.15, 0.2) is 0 Å². The highest BCUT2D eigenvalue weighted by molar-refractivity contribution is 6.31. The van der Waals surface area contributed by atoms with Gasteiger partial charge in [-0.25, -0.2) is 4.39 Å². The van der Waals surface area contributed by atoms with Crippen LogP contribution in [-0.2, 0) is 13.5 Å². The number of hydrogen-bond donors (Lipinski definition) is 1. The van der Waals surface area contributed by atoms with Gasteiger partial charge in [0.25, 0.3) is 0 Å². The van der Waals surface area contributed by atoms with Gasteiger partial charge in [-0.3, -0.25) is 4.68 Å². The van der Waals surface area contributed by atoms with Crippen molar-refractivity contribution in [1.29, 1.82) is 0 Å². The molecular weight excluding hydrogens is 265 g/mol. The van der Waals surface area contributed by atoms with Crippen molar-refractivity contribution in [1.82, 2.24) is 15.1 Å². The molecule has 1 aromatic heterocycles. The van der Waals surface area contributed by atoms with Gasteiger partial charge >= 0.3 is 0 Å². The lowest BCUT2D eigenvalue weighted by molar-refractivity contribution is 0.552. The topological polar surface area (TPSA) is 29.9 Å². The highest BCUT2D eigenvalue weighted by Gasteiger charge is 2.18. The molecule has 0 aliphatic heterocycles. The average Bonchev–Trinajstić information content (AvgIpc) is 2.68. The summed E-state index contributed by atoms with van der Waals surface area (Å²) in [5.41, 5.74) is 2.53. The van der Waals surface area contributed by atoms with E-state index in [1.54, 1.807) is 16.8 Å². The predicted molar refractivity (Wildman–Crippen MR) is 74.9 cm³/mol. The second-order valence-corrected chi connectivity index (χ2v) is 5.00. The molecule has 3 nitrogen and oxygen atoms in total. The first-order valence-electron chi connectivity index (χ1n) is 6.13. The van der Waals surface area contributed by atoms with E-state index in [4.69, 9.17) is 11.6 Å². The lowest BCUT2D eigenvalue weighted by atomic mass is 9.99. The molecular formula is C14H17ClFN3. The van der Waals surface area contributed by atoms with E-state index in [0.717, 1.165) is 11.3 Å². The summed E-state index contributed by atoms with van der Waals surface area (Å²) in [4.78, 5) is 0. The molecule has 0 fully saturated rings. The molecule has 5 heteroatoms. The zero-order valence-corrected chi connectivity index (χ0v) is 12.0. The van der Waals surface area contributed by atoms with Crippen LogP contribution in [0.25, 0.3) is 0 Å². The number of aryl methyl sites for hydroxylation is 2. The molecule has 0 bridgehead atoms. The summed E-state index contributed by atoms with van der Waals surface area (Å²) in [7, 11) is 3.73. The summed E-state index contributed by atoms with van der Waals surface area (Å²) in [6, 6.07) is 4.75. The quantitative estimate of drug-likeness (QED) is 0.934. The second kappa shape index (κ2) is 5.72. The summed E-state index contributed by atoms with van der Waals surface area (Å²) >= 11 is 6.07. The number of nitrogens with zero attached hydrogens (tertiary/aromatic N) is 2. The van der Waals surface area contributed by atoms with Crippen molar-refractivity contribution in [3.8, 4) is 0 Å². The van der Waals surface area contributed by atoms with E-state index in [0.29, 0.717) is 17.0 Å². The van der Waals surface area contributed by atoms with Crippen molar-refractivity contribution in [3.05, 3.63) is 52.1 Å². The van der Waals surface area contributed by atoms with Crippen LogP contribution in [0.4, 0.5) is 4.39 Å². The molecule has 0 aliphatic rings. The van der Waals surface area contributed by atoms with Gasteiger partial charge in [0, 0.05) is 35.4 Å². The third-order valence-electron chi connectivity index (χ3n) is 3.25. The van der Waals surface area contributed by atoms with Crippen LogP contribution >= 0.6 is 11.6 Å². The van der Waals surface area contributed by atoms with Crippen molar-refractivity contribution in [2.75, 3.05) is 7.05 Å². The molecule has 1 unspecified atom stereocenters. The van der Waals surface area contributed by atoms with E-state index in [2.05, 4.69) is 10.4 Å². The van der Waals surface area contributed by atoms with Crippen LogP contribution in [0.2, 0.25) is 5.02 Å². The molecule has 0 saturated heterocycles. The SMILES string of the molecule is CNC(Cc1c(F)cccc1Cl)c1cn(C)nc1C. The third kappa shape index (κ3) is 2.96. The number of nitrogens with one attached hydrogen (secondary N) is 1. The highest BCUT2D eigenvalue weighted by Crippen LogP contribution is 2.26. The molecule has 0 radical (unpaired) electrons. The van der Waals surface area contributed by atoms with Crippen LogP contribution in [0, 0.1) is 12.7 Å². The van der Waals surface area contributed by atoms with Crippen LogP contribution in [0.1, 0.15) is 22.9 Å². The Morgan fingerprint density at radius 3 is 2.74 bits per heavy atom. The molecule has 2 aromatic rings. The summed E-state index contributed by atoms with van der Waals surface area (Å²) in [5, 5.41) is 7.97. The van der Waals surface area contributed by atoms with Crippen molar-refractivity contribution in [2.45, 2.75) is 19.4 Å². The van der Waals surface area contributed by atoms with E-state index >= 15 is 0 Å². The molecule has 0 aliphatic carbocycles. The zero-order valence-electron chi connectivity index (χ0n) is 11.2. The standard InChI is InChI=1S/C14H17ClFN3/c1-9-11(8-19(3)18-9)14(17-2)7-10-12(15)5-4-6-13(10)16/h4-6,8,14,17H,7H2,1-3H3. The van der Waals surface area contributed by atoms with E-state index in [9.17, 15) is 4.39 Å². The molecule has 102 valence electrons. The third-order valence-corrected chi connectivity index (χ3v) is 3.60. The summed E-state index contributed by atoms with van der Waals surface area (Å²) in [6.07, 6.45) is 2.44. The van der Waals surface area contributed by atoms with Crippen LogP contribution in [0.15, 0.2) is 24.4 Å². The van der Waals surface area contributed by atoms with Gasteiger partial charge in [0.1, 0.15) is 5.82 Å². The van der Waals surface area contributed by atoms with Gasteiger partial charge in [0.05, 0.1) is 5.69 Å². The Morgan fingerprint density at radius 2 is 2.21 bits per heavy atom. The van der Waals surface area contributed by atoms with Crippen molar-refractivity contribution < 1.29 is 4.39 Å². The summed E-state index contributed by atoms with van der Waals surface area (Å²) < 4.78 is 15.6. The fraction of sp³-hybridized carbons (Fsp3) is 0.357. The lowest BCUT2D eigenvalue weighted by Gasteiger charge is -2.17. The first kappa shape index (κ1) is 14.0. The maximum absolute atomic E-state index is 13.8. The van der Waals surface area contributed by atoms with Gasteiger partial charge in [0.2, 0.25) is 0 Å². The van der Waals surface area contributed by atoms with E-state index in [1.165, 1.54) is 6.07 Å². The first-order chi connectivity index (χ1) is 9.02. The minimum Gasteiger partial charge on any atom is -0.313 e. The van der Waals surface area contributed by atoms with Crippen LogP contribution < -0.4 is 5.32 Å². The normalized spacial score (nSPS) is 12.7. The summed E-state index contributed by atoms with van der Waals surface area (Å²) in [6.45, 7) is 1.95. The number of hydrogen-bond acceptors (Lipinski definition) is 2. The monoisotopic (exact) mass is 281 g/mol. The predicted octanol–water partition coefficient (Wildman–Crippen LogP) is 3.02. The van der Waals surface area contributed by atoms with Crippen LogP contribution in [0.3, 0.4) is 0 Å². The maximum Gasteiger partial charge on any atom is 0.127 e. The Kier molecular flexibility index (Phi) is 4.22. The molecule has 0 amide bonds. The largest absolute Gasteiger partial charge is 0.313 e. The zero-order chi connectivity index (χ0) is 14.0. The molecule has 1 atom stereocenters. The van der Waals surface area contributed by atoms with Gasteiger partial charge in [-0.1, -0.05) is 17.7 Å². The molecule has 1 N–H and O–H groups in total.